The molecule has 7 aromatic carbocycles. The summed E-state index contributed by atoms with van der Waals surface area (Å²) in [5.74, 6) is 0.862. The maximum absolute atomic E-state index is 6.39. The fourth-order valence-electron chi connectivity index (χ4n) is 6.73. The second-order valence-corrected chi connectivity index (χ2v) is 12.0. The molecule has 9 rings (SSSR count). The van der Waals surface area contributed by atoms with Crippen LogP contribution in [0.2, 0.25) is 0 Å². The van der Waals surface area contributed by atoms with Gasteiger partial charge in [-0.1, -0.05) is 140 Å². The monoisotopic (exact) mass is 602 g/mol. The molecule has 0 spiro atoms. The van der Waals surface area contributed by atoms with E-state index in [2.05, 4.69) is 163 Å². The fourth-order valence-corrected chi connectivity index (χ4v) is 6.73. The molecule has 222 valence electrons. The molecule has 3 heteroatoms. The number of hydrogen-bond donors (Lipinski definition) is 1. The van der Waals surface area contributed by atoms with E-state index in [-0.39, 0.29) is 6.04 Å². The average molecular weight is 603 g/mol. The van der Waals surface area contributed by atoms with Crippen LogP contribution < -0.4 is 5.32 Å². The molecule has 0 aliphatic carbocycles. The molecule has 0 fully saturated rings. The third kappa shape index (κ3) is 4.99. The summed E-state index contributed by atoms with van der Waals surface area (Å²) >= 11 is 0. The van der Waals surface area contributed by atoms with Crippen molar-refractivity contribution in [1.29, 1.82) is 0 Å². The van der Waals surface area contributed by atoms with Gasteiger partial charge in [0.25, 0.3) is 0 Å². The van der Waals surface area contributed by atoms with E-state index in [1.54, 1.807) is 0 Å². The van der Waals surface area contributed by atoms with Crippen molar-refractivity contribution in [2.45, 2.75) is 6.04 Å². The zero-order valence-electron chi connectivity index (χ0n) is 25.6. The predicted molar refractivity (Wildman–Crippen MR) is 195 cm³/mol. The van der Waals surface area contributed by atoms with Crippen LogP contribution in [0.5, 0.6) is 0 Å². The first-order valence-electron chi connectivity index (χ1n) is 16.0. The Labute approximate surface area is 273 Å². The van der Waals surface area contributed by atoms with Gasteiger partial charge in [-0.25, -0.2) is 0 Å². The first kappa shape index (κ1) is 27.1. The van der Waals surface area contributed by atoms with Crippen LogP contribution in [0, 0.1) is 0 Å². The normalized spacial score (nSPS) is 14.6. The minimum absolute atomic E-state index is 0.167. The molecule has 0 amide bonds. The van der Waals surface area contributed by atoms with Gasteiger partial charge < -0.3 is 9.73 Å². The summed E-state index contributed by atoms with van der Waals surface area (Å²) in [6, 6.07) is 57.4. The number of nitrogens with zero attached hydrogens (tertiary/aromatic N) is 1. The van der Waals surface area contributed by atoms with Crippen LogP contribution in [0.1, 0.15) is 22.7 Å². The van der Waals surface area contributed by atoms with Crippen molar-refractivity contribution in [2.24, 2.45) is 4.99 Å². The largest absolute Gasteiger partial charge is 0.456 e. The molecule has 3 nitrogen and oxygen atoms in total. The summed E-state index contributed by atoms with van der Waals surface area (Å²) in [4.78, 5) is 5.25. The van der Waals surface area contributed by atoms with E-state index in [1.807, 2.05) is 12.1 Å². The SMILES string of the molecule is C1=C(c2ccc(-c3ccccc3)cc2)NC(c2ccccc2)=NC1c1cccc(-c2cccc3oc4cc5ccccc5cc4c23)c1. The molecule has 2 heterocycles. The topological polar surface area (TPSA) is 37.5 Å². The van der Waals surface area contributed by atoms with Gasteiger partial charge in [0.2, 0.25) is 0 Å². The average Bonchev–Trinajstić information content (AvgIpc) is 3.52. The van der Waals surface area contributed by atoms with Crippen LogP contribution in [0.3, 0.4) is 0 Å². The van der Waals surface area contributed by atoms with Gasteiger partial charge in [0.1, 0.15) is 17.0 Å². The smallest absolute Gasteiger partial charge is 0.136 e. The van der Waals surface area contributed by atoms with Crippen LogP contribution in [0.15, 0.2) is 179 Å². The Morgan fingerprint density at radius 2 is 1.13 bits per heavy atom. The van der Waals surface area contributed by atoms with Crippen LogP contribution >= 0.6 is 0 Å². The highest BCUT2D eigenvalue weighted by Gasteiger charge is 2.21. The number of benzene rings is 7. The highest BCUT2D eigenvalue weighted by molar-refractivity contribution is 6.15. The summed E-state index contributed by atoms with van der Waals surface area (Å²) < 4.78 is 6.39. The number of rotatable bonds is 5. The van der Waals surface area contributed by atoms with Crippen molar-refractivity contribution < 1.29 is 4.42 Å². The molecular weight excluding hydrogens is 572 g/mol. The first-order chi connectivity index (χ1) is 23.3. The summed E-state index contributed by atoms with van der Waals surface area (Å²) in [7, 11) is 0. The molecule has 1 aromatic heterocycles. The van der Waals surface area contributed by atoms with E-state index in [0.29, 0.717) is 0 Å². The summed E-state index contributed by atoms with van der Waals surface area (Å²) in [5.41, 5.74) is 10.9. The van der Waals surface area contributed by atoms with E-state index in [0.717, 1.165) is 61.3 Å². The molecule has 1 aliphatic rings. The third-order valence-corrected chi connectivity index (χ3v) is 9.10. The fraction of sp³-hybridized carbons (Fsp3) is 0.0227. The van der Waals surface area contributed by atoms with Gasteiger partial charge >= 0.3 is 0 Å². The zero-order valence-corrected chi connectivity index (χ0v) is 25.6. The van der Waals surface area contributed by atoms with Crippen LogP contribution in [-0.4, -0.2) is 5.84 Å². The van der Waals surface area contributed by atoms with Gasteiger partial charge in [0.05, 0.1) is 6.04 Å². The van der Waals surface area contributed by atoms with Gasteiger partial charge in [0.15, 0.2) is 0 Å². The second kappa shape index (κ2) is 11.3. The van der Waals surface area contributed by atoms with Crippen LogP contribution in [-0.2, 0) is 0 Å². The highest BCUT2D eigenvalue weighted by atomic mass is 16.3. The molecule has 8 aromatic rings. The predicted octanol–water partition coefficient (Wildman–Crippen LogP) is 11.2. The van der Waals surface area contributed by atoms with E-state index < -0.39 is 0 Å². The molecule has 1 N–H and O–H groups in total. The van der Waals surface area contributed by atoms with Crippen LogP contribution in [0.25, 0.3) is 60.7 Å². The van der Waals surface area contributed by atoms with Crippen LogP contribution in [0.4, 0.5) is 0 Å². The maximum Gasteiger partial charge on any atom is 0.136 e. The number of amidine groups is 1. The summed E-state index contributed by atoms with van der Waals surface area (Å²) in [6.07, 6.45) is 2.24. The summed E-state index contributed by atoms with van der Waals surface area (Å²) in [5, 5.41) is 8.30. The van der Waals surface area contributed by atoms with E-state index in [1.165, 1.54) is 21.9 Å². The minimum Gasteiger partial charge on any atom is -0.456 e. The van der Waals surface area contributed by atoms with E-state index in [4.69, 9.17) is 9.41 Å². The number of nitrogens with one attached hydrogen (secondary N) is 1. The highest BCUT2D eigenvalue weighted by Crippen LogP contribution is 2.39. The molecular formula is C44H30N2O. The molecule has 1 unspecified atom stereocenters. The van der Waals surface area contributed by atoms with Gasteiger partial charge in [0, 0.05) is 22.0 Å². The number of aliphatic imine (C=N–C) groups is 1. The van der Waals surface area contributed by atoms with Crippen molar-refractivity contribution in [3.8, 4) is 22.3 Å². The van der Waals surface area contributed by atoms with Gasteiger partial charge in [-0.05, 0) is 74.5 Å². The third-order valence-electron chi connectivity index (χ3n) is 9.10. The quantitative estimate of drug-likeness (QED) is 0.213. The summed E-state index contributed by atoms with van der Waals surface area (Å²) in [6.45, 7) is 0. The standard InChI is InChI=1S/C44H30N2O/c1-3-11-29(12-4-1)30-21-23-31(24-22-30)39-28-40(46-44(45-39)32-13-5-2-6-14-32)36-18-9-17-35(25-36)37-19-10-20-41-43(37)38-26-33-15-7-8-16-34(33)27-42(38)47-41/h1-28,40H,(H,45,46). The Balaban J connectivity index is 1.14. The van der Waals surface area contributed by atoms with Crippen molar-refractivity contribution in [2.75, 3.05) is 0 Å². The lowest BCUT2D eigenvalue weighted by Crippen LogP contribution is -2.27. The number of furan rings is 1. The Morgan fingerprint density at radius 3 is 1.91 bits per heavy atom. The van der Waals surface area contributed by atoms with Crippen molar-refractivity contribution in [3.63, 3.8) is 0 Å². The maximum atomic E-state index is 6.39. The van der Waals surface area contributed by atoms with Crippen molar-refractivity contribution in [1.82, 2.24) is 5.32 Å². The number of hydrogen-bond acceptors (Lipinski definition) is 3. The minimum atomic E-state index is -0.167. The Morgan fingerprint density at radius 1 is 0.489 bits per heavy atom. The molecule has 0 saturated heterocycles. The van der Waals surface area contributed by atoms with Gasteiger partial charge in [-0.3, -0.25) is 4.99 Å². The Kier molecular flexibility index (Phi) is 6.53. The zero-order chi connectivity index (χ0) is 31.2. The lowest BCUT2D eigenvalue weighted by Gasteiger charge is -2.24. The van der Waals surface area contributed by atoms with Gasteiger partial charge in [-0.15, -0.1) is 0 Å². The molecule has 0 radical (unpaired) electrons. The lowest BCUT2D eigenvalue weighted by atomic mass is 9.94. The molecule has 1 atom stereocenters. The first-order valence-corrected chi connectivity index (χ1v) is 16.0. The van der Waals surface area contributed by atoms with Crippen molar-refractivity contribution >= 4 is 44.2 Å². The Hall–Kier alpha value is -6.19. The molecule has 0 bridgehead atoms. The number of fused-ring (bicyclic) bond motifs is 4. The molecule has 0 saturated carbocycles. The lowest BCUT2D eigenvalue weighted by molar-refractivity contribution is 0.669. The van der Waals surface area contributed by atoms with E-state index >= 15 is 0 Å². The van der Waals surface area contributed by atoms with E-state index in [9.17, 15) is 0 Å². The molecule has 47 heavy (non-hydrogen) atoms. The van der Waals surface area contributed by atoms with Crippen molar-refractivity contribution in [3.05, 3.63) is 187 Å². The molecule has 1 aliphatic heterocycles. The Bertz CT molecular complexity index is 2470. The second-order valence-electron chi connectivity index (χ2n) is 12.0. The van der Waals surface area contributed by atoms with Gasteiger partial charge in [-0.2, -0.15) is 0 Å².